The van der Waals surface area contributed by atoms with Gasteiger partial charge in [-0.2, -0.15) is 17.4 Å². The molecule has 2 rings (SSSR count). The number of rotatable bonds is 6. The smallest absolute Gasteiger partial charge is 0.279 e. The van der Waals surface area contributed by atoms with Crippen LogP contribution in [0.15, 0.2) is 30.3 Å². The SMILES string of the molecule is C[C@@H]1CN(S(=O)(=O)NCCOc2ccccc2)C[C@@H](C)O1. The molecular weight excluding hydrogens is 292 g/mol. The molecule has 6 nitrogen and oxygen atoms in total. The van der Waals surface area contributed by atoms with Gasteiger partial charge in [0, 0.05) is 19.6 Å². The quantitative estimate of drug-likeness (QED) is 0.796. The van der Waals surface area contributed by atoms with Gasteiger partial charge in [0.15, 0.2) is 0 Å². The molecule has 1 saturated heterocycles. The van der Waals surface area contributed by atoms with Gasteiger partial charge in [-0.25, -0.2) is 0 Å². The predicted molar refractivity (Wildman–Crippen MR) is 80.4 cm³/mol. The average molecular weight is 314 g/mol. The summed E-state index contributed by atoms with van der Waals surface area (Å²) in [4.78, 5) is 0. The summed E-state index contributed by atoms with van der Waals surface area (Å²) in [5.74, 6) is 0.727. The standard InChI is InChI=1S/C14H22N2O4S/c1-12-10-16(11-13(2)20-12)21(17,18)15-8-9-19-14-6-4-3-5-7-14/h3-7,12-13,15H,8-11H2,1-2H3/t12-,13-/m1/s1. The van der Waals surface area contributed by atoms with Gasteiger partial charge in [-0.15, -0.1) is 0 Å². The van der Waals surface area contributed by atoms with Crippen LogP contribution in [0.5, 0.6) is 5.75 Å². The Bertz CT molecular complexity index is 525. The molecule has 0 spiro atoms. The Labute approximate surface area is 126 Å². The number of hydrogen-bond acceptors (Lipinski definition) is 4. The molecule has 0 radical (unpaired) electrons. The van der Waals surface area contributed by atoms with Gasteiger partial charge >= 0.3 is 0 Å². The van der Waals surface area contributed by atoms with E-state index in [0.717, 1.165) is 5.75 Å². The number of nitrogens with one attached hydrogen (secondary N) is 1. The van der Waals surface area contributed by atoms with Crippen LogP contribution in [0, 0.1) is 0 Å². The van der Waals surface area contributed by atoms with E-state index in [-0.39, 0.29) is 18.8 Å². The van der Waals surface area contributed by atoms with E-state index in [4.69, 9.17) is 9.47 Å². The first-order valence-electron chi connectivity index (χ1n) is 7.05. The highest BCUT2D eigenvalue weighted by Gasteiger charge is 2.30. The van der Waals surface area contributed by atoms with Crippen LogP contribution in [0.2, 0.25) is 0 Å². The molecule has 1 heterocycles. The van der Waals surface area contributed by atoms with Crippen molar-refractivity contribution in [2.24, 2.45) is 0 Å². The monoisotopic (exact) mass is 314 g/mol. The third-order valence-electron chi connectivity index (χ3n) is 3.12. The highest BCUT2D eigenvalue weighted by molar-refractivity contribution is 7.87. The highest BCUT2D eigenvalue weighted by Crippen LogP contribution is 2.13. The predicted octanol–water partition coefficient (Wildman–Crippen LogP) is 1.01. The fourth-order valence-corrected chi connectivity index (χ4v) is 3.61. The van der Waals surface area contributed by atoms with Gasteiger partial charge in [0.2, 0.25) is 0 Å². The van der Waals surface area contributed by atoms with E-state index in [2.05, 4.69) is 4.72 Å². The second kappa shape index (κ2) is 7.22. The van der Waals surface area contributed by atoms with Crippen LogP contribution in [0.25, 0.3) is 0 Å². The van der Waals surface area contributed by atoms with Crippen molar-refractivity contribution in [2.75, 3.05) is 26.2 Å². The van der Waals surface area contributed by atoms with E-state index in [1.165, 1.54) is 4.31 Å². The fourth-order valence-electron chi connectivity index (χ4n) is 2.27. The zero-order valence-corrected chi connectivity index (χ0v) is 13.2. The van der Waals surface area contributed by atoms with E-state index in [9.17, 15) is 8.42 Å². The van der Waals surface area contributed by atoms with E-state index in [1.807, 2.05) is 44.2 Å². The molecule has 0 bridgehead atoms. The van der Waals surface area contributed by atoms with Crippen molar-refractivity contribution in [1.82, 2.24) is 9.03 Å². The Morgan fingerprint density at radius 1 is 1.24 bits per heavy atom. The number of nitrogens with zero attached hydrogens (tertiary/aromatic N) is 1. The third-order valence-corrected chi connectivity index (χ3v) is 4.67. The summed E-state index contributed by atoms with van der Waals surface area (Å²) in [7, 11) is -3.48. The zero-order valence-electron chi connectivity index (χ0n) is 12.4. The molecule has 1 aromatic carbocycles. The molecule has 1 aliphatic rings. The Morgan fingerprint density at radius 2 is 1.86 bits per heavy atom. The number of hydrogen-bond donors (Lipinski definition) is 1. The molecule has 21 heavy (non-hydrogen) atoms. The maximum absolute atomic E-state index is 12.2. The molecule has 2 atom stereocenters. The van der Waals surface area contributed by atoms with E-state index in [1.54, 1.807) is 0 Å². The van der Waals surface area contributed by atoms with Gasteiger partial charge in [0.25, 0.3) is 10.2 Å². The molecule has 1 fully saturated rings. The van der Waals surface area contributed by atoms with Crippen molar-refractivity contribution in [2.45, 2.75) is 26.1 Å². The van der Waals surface area contributed by atoms with Crippen molar-refractivity contribution in [3.05, 3.63) is 30.3 Å². The molecule has 1 aromatic rings. The largest absolute Gasteiger partial charge is 0.492 e. The van der Waals surface area contributed by atoms with Gasteiger partial charge in [-0.05, 0) is 26.0 Å². The van der Waals surface area contributed by atoms with Crippen molar-refractivity contribution < 1.29 is 17.9 Å². The van der Waals surface area contributed by atoms with Gasteiger partial charge < -0.3 is 9.47 Å². The molecule has 7 heteroatoms. The number of para-hydroxylation sites is 1. The van der Waals surface area contributed by atoms with Crippen LogP contribution < -0.4 is 9.46 Å². The molecular formula is C14H22N2O4S. The maximum atomic E-state index is 12.2. The number of benzene rings is 1. The van der Waals surface area contributed by atoms with Gasteiger partial charge in [0.05, 0.1) is 12.2 Å². The lowest BCUT2D eigenvalue weighted by molar-refractivity contribution is -0.0444. The zero-order chi connectivity index (χ0) is 15.3. The first-order valence-corrected chi connectivity index (χ1v) is 8.49. The summed E-state index contributed by atoms with van der Waals surface area (Å²) in [5.41, 5.74) is 0. The number of morpholine rings is 1. The molecule has 0 aliphatic carbocycles. The van der Waals surface area contributed by atoms with Crippen LogP contribution in [0.3, 0.4) is 0 Å². The van der Waals surface area contributed by atoms with Crippen LogP contribution in [-0.4, -0.2) is 51.2 Å². The average Bonchev–Trinajstić information content (AvgIpc) is 2.44. The molecule has 118 valence electrons. The Balaban J connectivity index is 1.78. The first kappa shape index (κ1) is 16.2. The number of ether oxygens (including phenoxy) is 2. The lowest BCUT2D eigenvalue weighted by Gasteiger charge is -2.34. The second-order valence-corrected chi connectivity index (χ2v) is 6.89. The lowest BCUT2D eigenvalue weighted by atomic mass is 10.3. The molecule has 1 N–H and O–H groups in total. The van der Waals surface area contributed by atoms with E-state index < -0.39 is 10.2 Å². The lowest BCUT2D eigenvalue weighted by Crippen LogP contribution is -2.52. The Kier molecular flexibility index (Phi) is 5.58. The molecule has 0 saturated carbocycles. The molecule has 1 aliphatic heterocycles. The fraction of sp³-hybridized carbons (Fsp3) is 0.571. The second-order valence-electron chi connectivity index (χ2n) is 5.14. The minimum Gasteiger partial charge on any atom is -0.492 e. The van der Waals surface area contributed by atoms with Crippen molar-refractivity contribution in [3.8, 4) is 5.75 Å². The Morgan fingerprint density at radius 3 is 2.48 bits per heavy atom. The van der Waals surface area contributed by atoms with Crippen molar-refractivity contribution in [3.63, 3.8) is 0 Å². The summed E-state index contributed by atoms with van der Waals surface area (Å²) in [6.07, 6.45) is -0.184. The van der Waals surface area contributed by atoms with Gasteiger partial charge in [-0.3, -0.25) is 0 Å². The van der Waals surface area contributed by atoms with Crippen LogP contribution in [0.1, 0.15) is 13.8 Å². The molecule has 0 unspecified atom stereocenters. The minimum absolute atomic E-state index is 0.0918. The summed E-state index contributed by atoms with van der Waals surface area (Å²) in [6.45, 7) is 5.02. The maximum Gasteiger partial charge on any atom is 0.279 e. The topological polar surface area (TPSA) is 67.9 Å². The summed E-state index contributed by atoms with van der Waals surface area (Å²) in [6, 6.07) is 9.31. The highest BCUT2D eigenvalue weighted by atomic mass is 32.2. The van der Waals surface area contributed by atoms with Crippen molar-refractivity contribution >= 4 is 10.2 Å². The van der Waals surface area contributed by atoms with Gasteiger partial charge in [-0.1, -0.05) is 18.2 Å². The third kappa shape index (κ3) is 4.96. The normalized spacial score (nSPS) is 23.9. The Hall–Kier alpha value is -1.15. The molecule has 0 aromatic heterocycles. The summed E-state index contributed by atoms with van der Waals surface area (Å²) in [5, 5.41) is 0. The first-order chi connectivity index (χ1) is 9.97. The van der Waals surface area contributed by atoms with Crippen molar-refractivity contribution in [1.29, 1.82) is 0 Å². The molecule has 0 amide bonds. The van der Waals surface area contributed by atoms with Crippen LogP contribution in [0.4, 0.5) is 0 Å². The van der Waals surface area contributed by atoms with E-state index >= 15 is 0 Å². The van der Waals surface area contributed by atoms with Crippen LogP contribution >= 0.6 is 0 Å². The van der Waals surface area contributed by atoms with Crippen LogP contribution in [-0.2, 0) is 14.9 Å². The van der Waals surface area contributed by atoms with E-state index in [0.29, 0.717) is 19.7 Å². The summed E-state index contributed by atoms with van der Waals surface area (Å²) < 4.78 is 39.4. The summed E-state index contributed by atoms with van der Waals surface area (Å²) >= 11 is 0. The van der Waals surface area contributed by atoms with Gasteiger partial charge in [0.1, 0.15) is 12.4 Å². The minimum atomic E-state index is -3.48.